The summed E-state index contributed by atoms with van der Waals surface area (Å²) < 4.78 is 12.9. The van der Waals surface area contributed by atoms with E-state index in [2.05, 4.69) is 14.9 Å². The number of rotatable bonds is 1. The van der Waals surface area contributed by atoms with Crippen molar-refractivity contribution in [2.45, 2.75) is 25.9 Å². The predicted octanol–water partition coefficient (Wildman–Crippen LogP) is 1.72. The van der Waals surface area contributed by atoms with Gasteiger partial charge in [0.05, 0.1) is 0 Å². The van der Waals surface area contributed by atoms with Gasteiger partial charge < -0.3 is 4.90 Å². The number of nitrogens with zero attached hydrogens (tertiary/aromatic N) is 3. The van der Waals surface area contributed by atoms with Gasteiger partial charge in [0.15, 0.2) is 0 Å². The maximum Gasteiger partial charge on any atom is 0.132 e. The zero-order valence-corrected chi connectivity index (χ0v) is 8.28. The highest BCUT2D eigenvalue weighted by Crippen LogP contribution is 2.18. The number of piperidine rings is 1. The number of anilines is 1. The first kappa shape index (κ1) is 9.37. The summed E-state index contributed by atoms with van der Waals surface area (Å²) in [5, 5.41) is 0. The van der Waals surface area contributed by atoms with Gasteiger partial charge in [-0.15, -0.1) is 0 Å². The van der Waals surface area contributed by atoms with Gasteiger partial charge in [-0.25, -0.2) is 14.4 Å². The summed E-state index contributed by atoms with van der Waals surface area (Å²) in [5.74, 6) is 1.69. The number of hydrogen-bond acceptors (Lipinski definition) is 3. The van der Waals surface area contributed by atoms with Crippen molar-refractivity contribution in [3.8, 4) is 0 Å². The molecule has 0 unspecified atom stereocenters. The van der Waals surface area contributed by atoms with Crippen LogP contribution >= 0.6 is 0 Å². The van der Waals surface area contributed by atoms with Crippen molar-refractivity contribution in [1.29, 1.82) is 0 Å². The lowest BCUT2D eigenvalue weighted by Crippen LogP contribution is -2.34. The van der Waals surface area contributed by atoms with Gasteiger partial charge in [0.1, 0.15) is 17.8 Å². The van der Waals surface area contributed by atoms with Gasteiger partial charge in [0.25, 0.3) is 0 Å². The zero-order valence-electron chi connectivity index (χ0n) is 8.28. The largest absolute Gasteiger partial charge is 0.356 e. The monoisotopic (exact) mass is 195 g/mol. The molecule has 1 aromatic heterocycles. The van der Waals surface area contributed by atoms with Gasteiger partial charge in [-0.05, 0) is 25.8 Å². The van der Waals surface area contributed by atoms with Crippen LogP contribution in [0.1, 0.15) is 18.7 Å². The van der Waals surface area contributed by atoms with Gasteiger partial charge in [0.2, 0.25) is 0 Å². The maximum absolute atomic E-state index is 12.9. The molecule has 0 radical (unpaired) electrons. The lowest BCUT2D eigenvalue weighted by molar-refractivity contribution is 0.276. The van der Waals surface area contributed by atoms with Crippen molar-refractivity contribution < 1.29 is 4.39 Å². The molecule has 76 valence electrons. The van der Waals surface area contributed by atoms with Crippen LogP contribution in [0.3, 0.4) is 0 Å². The molecule has 1 saturated heterocycles. The molecule has 2 rings (SSSR count). The molecule has 3 nitrogen and oxygen atoms in total. The standard InChI is InChI=1S/C10H14FN3/c1-8-12-5-2-10(13-8)14-6-3-9(11)4-7-14/h2,5,9H,3-4,6-7H2,1H3. The molecule has 2 heterocycles. The second-order valence-corrected chi connectivity index (χ2v) is 3.62. The van der Waals surface area contributed by atoms with Crippen molar-refractivity contribution in [2.24, 2.45) is 0 Å². The highest BCUT2D eigenvalue weighted by atomic mass is 19.1. The Balaban J connectivity index is 2.08. The third-order valence-electron chi connectivity index (χ3n) is 2.51. The SMILES string of the molecule is Cc1nccc(N2CCC(F)CC2)n1. The number of hydrogen-bond donors (Lipinski definition) is 0. The van der Waals surface area contributed by atoms with E-state index in [0.29, 0.717) is 12.8 Å². The minimum absolute atomic E-state index is 0.614. The minimum atomic E-state index is -0.630. The lowest BCUT2D eigenvalue weighted by Gasteiger charge is -2.29. The first-order chi connectivity index (χ1) is 6.75. The van der Waals surface area contributed by atoms with E-state index in [-0.39, 0.29) is 0 Å². The molecule has 0 atom stereocenters. The Morgan fingerprint density at radius 1 is 1.43 bits per heavy atom. The Labute approximate surface area is 83.0 Å². The Morgan fingerprint density at radius 2 is 2.14 bits per heavy atom. The Hall–Kier alpha value is -1.19. The van der Waals surface area contributed by atoms with Crippen molar-refractivity contribution >= 4 is 5.82 Å². The maximum atomic E-state index is 12.9. The predicted molar refractivity (Wildman–Crippen MR) is 53.1 cm³/mol. The van der Waals surface area contributed by atoms with Crippen molar-refractivity contribution in [2.75, 3.05) is 18.0 Å². The van der Waals surface area contributed by atoms with Crippen molar-refractivity contribution in [3.05, 3.63) is 18.1 Å². The van der Waals surface area contributed by atoms with E-state index in [1.165, 1.54) is 0 Å². The first-order valence-electron chi connectivity index (χ1n) is 4.94. The average Bonchev–Trinajstić information content (AvgIpc) is 2.19. The fourth-order valence-corrected chi connectivity index (χ4v) is 1.70. The van der Waals surface area contributed by atoms with Crippen LogP contribution in [-0.4, -0.2) is 29.2 Å². The Kier molecular flexibility index (Phi) is 2.61. The molecular formula is C10H14FN3. The van der Waals surface area contributed by atoms with Crippen LogP contribution in [0.15, 0.2) is 12.3 Å². The highest BCUT2D eigenvalue weighted by molar-refractivity contribution is 5.37. The van der Waals surface area contributed by atoms with E-state index in [4.69, 9.17) is 0 Å². The van der Waals surface area contributed by atoms with E-state index in [1.54, 1.807) is 6.20 Å². The third-order valence-corrected chi connectivity index (χ3v) is 2.51. The Morgan fingerprint density at radius 3 is 2.79 bits per heavy atom. The van der Waals surface area contributed by atoms with Gasteiger partial charge in [-0.3, -0.25) is 0 Å². The molecule has 0 aromatic carbocycles. The van der Waals surface area contributed by atoms with Crippen LogP contribution in [0.25, 0.3) is 0 Å². The van der Waals surface area contributed by atoms with Crippen LogP contribution in [-0.2, 0) is 0 Å². The van der Waals surface area contributed by atoms with Crippen LogP contribution in [0, 0.1) is 6.92 Å². The summed E-state index contributed by atoms with van der Waals surface area (Å²) in [5.41, 5.74) is 0. The highest BCUT2D eigenvalue weighted by Gasteiger charge is 2.19. The van der Waals surface area contributed by atoms with Crippen LogP contribution in [0.2, 0.25) is 0 Å². The number of alkyl halides is 1. The lowest BCUT2D eigenvalue weighted by atomic mass is 10.1. The quantitative estimate of drug-likeness (QED) is 0.683. The number of halogens is 1. The summed E-state index contributed by atoms with van der Waals surface area (Å²) in [6, 6.07) is 1.88. The van der Waals surface area contributed by atoms with Gasteiger partial charge in [-0.1, -0.05) is 0 Å². The van der Waals surface area contributed by atoms with Crippen molar-refractivity contribution in [1.82, 2.24) is 9.97 Å². The molecule has 1 fully saturated rings. The summed E-state index contributed by atoms with van der Waals surface area (Å²) >= 11 is 0. The zero-order chi connectivity index (χ0) is 9.97. The fraction of sp³-hybridized carbons (Fsp3) is 0.600. The molecule has 1 aromatic rings. The van der Waals surface area contributed by atoms with E-state index in [0.717, 1.165) is 24.7 Å². The number of aryl methyl sites for hydroxylation is 1. The van der Waals surface area contributed by atoms with E-state index in [9.17, 15) is 4.39 Å². The third kappa shape index (κ3) is 2.00. The van der Waals surface area contributed by atoms with E-state index < -0.39 is 6.17 Å². The summed E-state index contributed by atoms with van der Waals surface area (Å²) in [6.45, 7) is 3.39. The molecular weight excluding hydrogens is 181 g/mol. The van der Waals surface area contributed by atoms with E-state index in [1.807, 2.05) is 13.0 Å². The normalized spacial score (nSPS) is 18.6. The second-order valence-electron chi connectivity index (χ2n) is 3.62. The molecule has 4 heteroatoms. The number of aromatic nitrogens is 2. The summed E-state index contributed by atoms with van der Waals surface area (Å²) in [4.78, 5) is 10.5. The Bertz CT molecular complexity index is 308. The van der Waals surface area contributed by atoms with Gasteiger partial charge in [-0.2, -0.15) is 0 Å². The smallest absolute Gasteiger partial charge is 0.132 e. The van der Waals surface area contributed by atoms with Crippen LogP contribution in [0.4, 0.5) is 10.2 Å². The van der Waals surface area contributed by atoms with Gasteiger partial charge in [0, 0.05) is 19.3 Å². The summed E-state index contributed by atoms with van der Waals surface area (Å²) in [6.07, 6.45) is 2.35. The topological polar surface area (TPSA) is 29.0 Å². The second kappa shape index (κ2) is 3.90. The van der Waals surface area contributed by atoms with Crippen LogP contribution in [0.5, 0.6) is 0 Å². The fourth-order valence-electron chi connectivity index (χ4n) is 1.70. The molecule has 0 amide bonds. The summed E-state index contributed by atoms with van der Waals surface area (Å²) in [7, 11) is 0. The molecule has 0 bridgehead atoms. The molecule has 0 aliphatic carbocycles. The molecule has 1 aliphatic rings. The molecule has 14 heavy (non-hydrogen) atoms. The first-order valence-corrected chi connectivity index (χ1v) is 4.94. The van der Waals surface area contributed by atoms with Crippen molar-refractivity contribution in [3.63, 3.8) is 0 Å². The minimum Gasteiger partial charge on any atom is -0.356 e. The molecule has 0 spiro atoms. The molecule has 1 aliphatic heterocycles. The van der Waals surface area contributed by atoms with Gasteiger partial charge >= 0.3 is 0 Å². The average molecular weight is 195 g/mol. The van der Waals surface area contributed by atoms with E-state index >= 15 is 0 Å². The van der Waals surface area contributed by atoms with Crippen LogP contribution < -0.4 is 4.90 Å². The molecule has 0 N–H and O–H groups in total. The molecule has 0 saturated carbocycles.